The Hall–Kier alpha value is -0.590. The first kappa shape index (κ1) is 15.8. The molecule has 0 unspecified atom stereocenters. The van der Waals surface area contributed by atoms with Crippen molar-refractivity contribution in [3.05, 3.63) is 0 Å². The van der Waals surface area contributed by atoms with Gasteiger partial charge in [-0.1, -0.05) is 11.8 Å². The molecule has 5 nitrogen and oxygen atoms in total. The SMILES string of the molecule is CCOC(=O)C1(CSC(C)=O)CCC2(CC1)OCCO2. The molecule has 1 aliphatic carbocycles. The van der Waals surface area contributed by atoms with E-state index in [1.165, 1.54) is 18.7 Å². The van der Waals surface area contributed by atoms with Gasteiger partial charge in [-0.3, -0.25) is 9.59 Å². The molecule has 1 heterocycles. The average Bonchev–Trinajstić information content (AvgIpc) is 2.87. The van der Waals surface area contributed by atoms with E-state index >= 15 is 0 Å². The minimum absolute atomic E-state index is 0.0299. The van der Waals surface area contributed by atoms with E-state index in [0.717, 1.165) is 0 Å². The molecule has 2 fully saturated rings. The Morgan fingerprint density at radius 2 is 1.75 bits per heavy atom. The number of carbonyl (C=O) groups excluding carboxylic acids is 2. The molecular formula is C14H22O5S. The second-order valence-corrected chi connectivity index (χ2v) is 6.54. The lowest BCUT2D eigenvalue weighted by molar-refractivity contribution is -0.197. The fourth-order valence-electron chi connectivity index (χ4n) is 2.83. The number of esters is 1. The number of thioether (sulfide) groups is 1. The summed E-state index contributed by atoms with van der Waals surface area (Å²) in [5.41, 5.74) is -0.576. The van der Waals surface area contributed by atoms with Gasteiger partial charge in [-0.05, 0) is 19.8 Å². The molecule has 0 N–H and O–H groups in total. The topological polar surface area (TPSA) is 61.8 Å². The summed E-state index contributed by atoms with van der Waals surface area (Å²) in [6.45, 7) is 4.93. The van der Waals surface area contributed by atoms with Crippen LogP contribution in [0.4, 0.5) is 0 Å². The Morgan fingerprint density at radius 1 is 1.15 bits per heavy atom. The van der Waals surface area contributed by atoms with Crippen molar-refractivity contribution in [2.45, 2.75) is 45.3 Å². The number of hydrogen-bond donors (Lipinski definition) is 0. The molecule has 0 radical (unpaired) electrons. The van der Waals surface area contributed by atoms with E-state index in [2.05, 4.69) is 0 Å². The maximum absolute atomic E-state index is 12.3. The van der Waals surface area contributed by atoms with Gasteiger partial charge >= 0.3 is 5.97 Å². The van der Waals surface area contributed by atoms with E-state index in [0.29, 0.717) is 51.3 Å². The van der Waals surface area contributed by atoms with Gasteiger partial charge in [0, 0.05) is 25.5 Å². The molecule has 2 aliphatic rings. The third kappa shape index (κ3) is 3.35. The summed E-state index contributed by atoms with van der Waals surface area (Å²) in [6.07, 6.45) is 2.66. The van der Waals surface area contributed by atoms with Crippen molar-refractivity contribution in [2.75, 3.05) is 25.6 Å². The summed E-state index contributed by atoms with van der Waals surface area (Å²) in [4.78, 5) is 23.5. The minimum atomic E-state index is -0.576. The summed E-state index contributed by atoms with van der Waals surface area (Å²) >= 11 is 1.20. The Balaban J connectivity index is 2.04. The van der Waals surface area contributed by atoms with Crippen LogP contribution < -0.4 is 0 Å². The zero-order valence-corrected chi connectivity index (χ0v) is 12.9. The molecule has 1 aliphatic heterocycles. The fraction of sp³-hybridized carbons (Fsp3) is 0.857. The van der Waals surface area contributed by atoms with E-state index in [1.807, 2.05) is 0 Å². The van der Waals surface area contributed by atoms with Crippen LogP contribution in [-0.2, 0) is 23.8 Å². The Morgan fingerprint density at radius 3 is 2.25 bits per heavy atom. The quantitative estimate of drug-likeness (QED) is 0.741. The molecule has 114 valence electrons. The molecule has 1 saturated carbocycles. The van der Waals surface area contributed by atoms with Crippen LogP contribution >= 0.6 is 11.8 Å². The lowest BCUT2D eigenvalue weighted by Gasteiger charge is -2.41. The molecule has 0 aromatic heterocycles. The largest absolute Gasteiger partial charge is 0.466 e. The summed E-state index contributed by atoms with van der Waals surface area (Å²) in [6, 6.07) is 0. The van der Waals surface area contributed by atoms with Gasteiger partial charge in [0.2, 0.25) is 0 Å². The smallest absolute Gasteiger partial charge is 0.312 e. The van der Waals surface area contributed by atoms with Gasteiger partial charge in [0.1, 0.15) is 0 Å². The molecule has 1 saturated heterocycles. The van der Waals surface area contributed by atoms with Crippen molar-refractivity contribution in [3.63, 3.8) is 0 Å². The van der Waals surface area contributed by atoms with E-state index < -0.39 is 11.2 Å². The lowest BCUT2D eigenvalue weighted by Crippen LogP contribution is -2.46. The van der Waals surface area contributed by atoms with Crippen molar-refractivity contribution in [3.8, 4) is 0 Å². The van der Waals surface area contributed by atoms with Gasteiger partial charge in [0.15, 0.2) is 10.9 Å². The molecule has 0 aromatic carbocycles. The Bertz CT molecular complexity index is 366. The number of ether oxygens (including phenoxy) is 3. The second kappa shape index (κ2) is 6.45. The molecule has 20 heavy (non-hydrogen) atoms. The van der Waals surface area contributed by atoms with Crippen LogP contribution in [0.3, 0.4) is 0 Å². The summed E-state index contributed by atoms with van der Waals surface area (Å²) in [7, 11) is 0. The van der Waals surface area contributed by atoms with E-state index in [4.69, 9.17) is 14.2 Å². The maximum Gasteiger partial charge on any atom is 0.312 e. The van der Waals surface area contributed by atoms with Crippen LogP contribution in [0.25, 0.3) is 0 Å². The molecule has 0 amide bonds. The highest BCUT2D eigenvalue weighted by Crippen LogP contribution is 2.47. The van der Waals surface area contributed by atoms with Crippen molar-refractivity contribution in [1.29, 1.82) is 0 Å². The first-order valence-electron chi connectivity index (χ1n) is 7.10. The zero-order valence-electron chi connectivity index (χ0n) is 12.1. The molecule has 0 atom stereocenters. The van der Waals surface area contributed by atoms with Gasteiger partial charge in [0.25, 0.3) is 0 Å². The van der Waals surface area contributed by atoms with E-state index in [1.54, 1.807) is 6.92 Å². The van der Waals surface area contributed by atoms with Gasteiger partial charge in [-0.2, -0.15) is 0 Å². The highest BCUT2D eigenvalue weighted by molar-refractivity contribution is 8.13. The highest BCUT2D eigenvalue weighted by atomic mass is 32.2. The monoisotopic (exact) mass is 302 g/mol. The van der Waals surface area contributed by atoms with E-state index in [9.17, 15) is 9.59 Å². The zero-order chi connectivity index (χ0) is 14.6. The van der Waals surface area contributed by atoms with Crippen LogP contribution in [-0.4, -0.2) is 42.4 Å². The maximum atomic E-state index is 12.3. The summed E-state index contributed by atoms with van der Waals surface area (Å²) in [5.74, 6) is -0.213. The minimum Gasteiger partial charge on any atom is -0.466 e. The standard InChI is InChI=1S/C14H22O5S/c1-3-17-12(16)13(10-20-11(2)15)4-6-14(7-5-13)18-8-9-19-14/h3-10H2,1-2H3. The van der Waals surface area contributed by atoms with Gasteiger partial charge in [0.05, 0.1) is 25.2 Å². The predicted molar refractivity (Wildman–Crippen MR) is 75.3 cm³/mol. The first-order chi connectivity index (χ1) is 9.52. The average molecular weight is 302 g/mol. The van der Waals surface area contributed by atoms with Crippen LogP contribution in [0, 0.1) is 5.41 Å². The summed E-state index contributed by atoms with van der Waals surface area (Å²) < 4.78 is 16.6. The normalized spacial score (nSPS) is 23.7. The third-order valence-electron chi connectivity index (χ3n) is 4.04. The van der Waals surface area contributed by atoms with Crippen molar-refractivity contribution in [2.24, 2.45) is 5.41 Å². The van der Waals surface area contributed by atoms with Crippen LogP contribution in [0.5, 0.6) is 0 Å². The number of hydrogen-bond acceptors (Lipinski definition) is 6. The van der Waals surface area contributed by atoms with Gasteiger partial charge < -0.3 is 14.2 Å². The van der Waals surface area contributed by atoms with Crippen molar-refractivity contribution < 1.29 is 23.8 Å². The molecule has 1 spiro atoms. The molecule has 0 aromatic rings. The van der Waals surface area contributed by atoms with Crippen LogP contribution in [0.1, 0.15) is 39.5 Å². The van der Waals surface area contributed by atoms with Crippen LogP contribution in [0.2, 0.25) is 0 Å². The molecule has 6 heteroatoms. The lowest BCUT2D eigenvalue weighted by atomic mass is 9.73. The molecule has 2 rings (SSSR count). The first-order valence-corrected chi connectivity index (χ1v) is 8.09. The van der Waals surface area contributed by atoms with Gasteiger partial charge in [-0.15, -0.1) is 0 Å². The second-order valence-electron chi connectivity index (χ2n) is 5.39. The fourth-order valence-corrected chi connectivity index (χ4v) is 3.71. The van der Waals surface area contributed by atoms with Crippen molar-refractivity contribution >= 4 is 22.8 Å². The number of rotatable bonds is 4. The molecule has 0 bridgehead atoms. The van der Waals surface area contributed by atoms with Crippen molar-refractivity contribution in [1.82, 2.24) is 0 Å². The molecular weight excluding hydrogens is 280 g/mol. The van der Waals surface area contributed by atoms with Crippen LogP contribution in [0.15, 0.2) is 0 Å². The Labute approximate surface area is 123 Å². The highest BCUT2D eigenvalue weighted by Gasteiger charge is 2.50. The number of carbonyl (C=O) groups is 2. The summed E-state index contributed by atoms with van der Waals surface area (Å²) in [5, 5.41) is 0.0299. The predicted octanol–water partition coefficient (Wildman–Crippen LogP) is 2.13. The van der Waals surface area contributed by atoms with E-state index in [-0.39, 0.29) is 11.1 Å². The van der Waals surface area contributed by atoms with Gasteiger partial charge in [-0.25, -0.2) is 0 Å². The third-order valence-corrected chi connectivity index (χ3v) is 5.15. The Kier molecular flexibility index (Phi) is 5.09.